The number of para-hydroxylation sites is 1. The molecule has 0 saturated carbocycles. The molecule has 0 spiro atoms. The molecule has 0 N–H and O–H groups in total. The van der Waals surface area contributed by atoms with Gasteiger partial charge in [0.05, 0.1) is 37.9 Å². The molecule has 0 unspecified atom stereocenters. The molecule has 0 fully saturated rings. The number of benzene rings is 2. The Kier molecular flexibility index (Phi) is 7.13. The first kappa shape index (κ1) is 22.2. The number of rotatable bonds is 7. The second-order valence-electron chi connectivity index (χ2n) is 7.21. The Balaban J connectivity index is 2.17. The van der Waals surface area contributed by atoms with Gasteiger partial charge in [0, 0.05) is 23.7 Å². The molecule has 2 aromatic carbocycles. The molecule has 0 amide bonds. The molecule has 0 bridgehead atoms. The van der Waals surface area contributed by atoms with E-state index in [1.54, 1.807) is 17.3 Å². The minimum atomic E-state index is -0.686. The van der Waals surface area contributed by atoms with Gasteiger partial charge in [0.2, 0.25) is 0 Å². The summed E-state index contributed by atoms with van der Waals surface area (Å²) in [6.07, 6.45) is 4.23. The third-order valence-corrected chi connectivity index (χ3v) is 5.04. The van der Waals surface area contributed by atoms with Crippen LogP contribution in [0.4, 0.5) is 5.69 Å². The molecule has 1 aliphatic heterocycles. The van der Waals surface area contributed by atoms with E-state index in [0.29, 0.717) is 29.1 Å². The number of nitrogens with zero attached hydrogens (tertiary/aromatic N) is 1. The molecule has 6 nitrogen and oxygen atoms in total. The van der Waals surface area contributed by atoms with E-state index in [2.05, 4.69) is 0 Å². The van der Waals surface area contributed by atoms with Crippen LogP contribution in [0.2, 0.25) is 0 Å². The van der Waals surface area contributed by atoms with Crippen molar-refractivity contribution in [3.63, 3.8) is 0 Å². The third kappa shape index (κ3) is 4.79. The second kappa shape index (κ2) is 9.98. The number of esters is 2. The fourth-order valence-electron chi connectivity index (χ4n) is 3.49. The van der Waals surface area contributed by atoms with Crippen molar-refractivity contribution in [1.29, 1.82) is 0 Å². The Labute approximate surface area is 182 Å². The van der Waals surface area contributed by atoms with Gasteiger partial charge in [-0.25, -0.2) is 9.59 Å². The lowest BCUT2D eigenvalue weighted by molar-refractivity contribution is -0.137. The topological polar surface area (TPSA) is 65.1 Å². The van der Waals surface area contributed by atoms with Crippen LogP contribution in [0.15, 0.2) is 72.1 Å². The van der Waals surface area contributed by atoms with Crippen molar-refractivity contribution in [3.8, 4) is 5.75 Å². The SMILES string of the molecule is CCCOc1ccccc1C1C(C(=O)OC)=CN(c2ccc(C)cc2)C=C1C(=O)OC. The molecule has 0 radical (unpaired) electrons. The van der Waals surface area contributed by atoms with Crippen molar-refractivity contribution in [2.75, 3.05) is 25.7 Å². The van der Waals surface area contributed by atoms with E-state index in [1.165, 1.54) is 14.2 Å². The molecule has 1 heterocycles. The Morgan fingerprint density at radius 3 is 2.03 bits per heavy atom. The predicted molar refractivity (Wildman–Crippen MR) is 119 cm³/mol. The second-order valence-corrected chi connectivity index (χ2v) is 7.21. The van der Waals surface area contributed by atoms with Gasteiger partial charge < -0.3 is 19.1 Å². The lowest BCUT2D eigenvalue weighted by Gasteiger charge is -2.31. The third-order valence-electron chi connectivity index (χ3n) is 5.04. The van der Waals surface area contributed by atoms with Crippen LogP contribution in [0.1, 0.15) is 30.4 Å². The van der Waals surface area contributed by atoms with Crippen LogP contribution in [0.5, 0.6) is 5.75 Å². The average molecular weight is 421 g/mol. The quantitative estimate of drug-likeness (QED) is 0.614. The molecule has 31 heavy (non-hydrogen) atoms. The zero-order valence-corrected chi connectivity index (χ0v) is 18.3. The van der Waals surface area contributed by atoms with Gasteiger partial charge in [-0.15, -0.1) is 0 Å². The van der Waals surface area contributed by atoms with Crippen molar-refractivity contribution in [2.24, 2.45) is 0 Å². The summed E-state index contributed by atoms with van der Waals surface area (Å²) in [5.74, 6) is -1.12. The number of carbonyl (C=O) groups is 2. The minimum absolute atomic E-state index is 0.318. The normalized spacial score (nSPS) is 13.9. The number of ether oxygens (including phenoxy) is 3. The number of methoxy groups -OCH3 is 2. The smallest absolute Gasteiger partial charge is 0.336 e. The van der Waals surface area contributed by atoms with Crippen molar-refractivity contribution in [3.05, 3.63) is 83.2 Å². The summed E-state index contributed by atoms with van der Waals surface area (Å²) in [5.41, 5.74) is 3.25. The van der Waals surface area contributed by atoms with Crippen molar-refractivity contribution in [1.82, 2.24) is 0 Å². The summed E-state index contributed by atoms with van der Waals surface area (Å²) in [5, 5.41) is 0. The first-order valence-corrected chi connectivity index (χ1v) is 10.2. The van der Waals surface area contributed by atoms with Crippen LogP contribution < -0.4 is 9.64 Å². The minimum Gasteiger partial charge on any atom is -0.493 e. The van der Waals surface area contributed by atoms with E-state index in [0.717, 1.165) is 17.7 Å². The number of carbonyl (C=O) groups excluding carboxylic acids is 2. The van der Waals surface area contributed by atoms with E-state index in [4.69, 9.17) is 14.2 Å². The highest BCUT2D eigenvalue weighted by Crippen LogP contribution is 2.42. The molecule has 0 saturated heterocycles. The zero-order chi connectivity index (χ0) is 22.4. The fourth-order valence-corrected chi connectivity index (χ4v) is 3.49. The van der Waals surface area contributed by atoms with Crippen molar-refractivity contribution < 1.29 is 23.8 Å². The standard InChI is InChI=1S/C25H27NO5/c1-5-14-31-22-9-7-6-8-19(22)23-20(24(27)29-3)15-26(16-21(23)25(28)30-4)18-12-10-17(2)11-13-18/h6-13,15-16,23H,5,14H2,1-4H3. The van der Waals surface area contributed by atoms with Gasteiger partial charge in [-0.05, 0) is 31.5 Å². The Bertz CT molecular complexity index is 973. The highest BCUT2D eigenvalue weighted by Gasteiger charge is 2.37. The molecule has 6 heteroatoms. The lowest BCUT2D eigenvalue weighted by atomic mass is 9.82. The molecule has 2 aromatic rings. The molecule has 162 valence electrons. The van der Waals surface area contributed by atoms with Gasteiger partial charge in [0.1, 0.15) is 5.75 Å². The van der Waals surface area contributed by atoms with Crippen LogP contribution >= 0.6 is 0 Å². The largest absolute Gasteiger partial charge is 0.493 e. The first-order chi connectivity index (χ1) is 15.0. The average Bonchev–Trinajstić information content (AvgIpc) is 2.81. The van der Waals surface area contributed by atoms with E-state index in [1.807, 2.05) is 62.4 Å². The van der Waals surface area contributed by atoms with Crippen LogP contribution in [-0.4, -0.2) is 32.8 Å². The lowest BCUT2D eigenvalue weighted by Crippen LogP contribution is -2.29. The maximum Gasteiger partial charge on any atom is 0.336 e. The van der Waals surface area contributed by atoms with Gasteiger partial charge in [0.15, 0.2) is 0 Å². The van der Waals surface area contributed by atoms with Crippen LogP contribution in [0, 0.1) is 6.92 Å². The van der Waals surface area contributed by atoms with Gasteiger partial charge >= 0.3 is 11.9 Å². The molecule has 0 aliphatic carbocycles. The van der Waals surface area contributed by atoms with Gasteiger partial charge in [-0.3, -0.25) is 0 Å². The van der Waals surface area contributed by atoms with Gasteiger partial charge in [-0.1, -0.05) is 42.8 Å². The van der Waals surface area contributed by atoms with Crippen molar-refractivity contribution >= 4 is 17.6 Å². The maximum absolute atomic E-state index is 12.8. The summed E-state index contributed by atoms with van der Waals surface area (Å²) in [6, 6.07) is 15.2. The molecule has 0 atom stereocenters. The van der Waals surface area contributed by atoms with Crippen molar-refractivity contribution in [2.45, 2.75) is 26.2 Å². The van der Waals surface area contributed by atoms with Crippen LogP contribution in [-0.2, 0) is 19.1 Å². The Morgan fingerprint density at radius 2 is 1.48 bits per heavy atom. The fraction of sp³-hybridized carbons (Fsp3) is 0.280. The highest BCUT2D eigenvalue weighted by atomic mass is 16.5. The monoisotopic (exact) mass is 421 g/mol. The number of hydrogen-bond donors (Lipinski definition) is 0. The van der Waals surface area contributed by atoms with E-state index in [9.17, 15) is 9.59 Å². The molecule has 3 rings (SSSR count). The molecular weight excluding hydrogens is 394 g/mol. The van der Waals surface area contributed by atoms with Crippen LogP contribution in [0.3, 0.4) is 0 Å². The Morgan fingerprint density at radius 1 is 0.903 bits per heavy atom. The summed E-state index contributed by atoms with van der Waals surface area (Å²) in [6.45, 7) is 4.53. The number of aryl methyl sites for hydroxylation is 1. The molecule has 1 aliphatic rings. The maximum atomic E-state index is 12.8. The summed E-state index contributed by atoms with van der Waals surface area (Å²) >= 11 is 0. The van der Waals surface area contributed by atoms with Gasteiger partial charge in [-0.2, -0.15) is 0 Å². The van der Waals surface area contributed by atoms with E-state index >= 15 is 0 Å². The summed E-state index contributed by atoms with van der Waals surface area (Å²) in [4.78, 5) is 27.4. The Hall–Kier alpha value is -3.54. The zero-order valence-electron chi connectivity index (χ0n) is 18.3. The van der Waals surface area contributed by atoms with Crippen LogP contribution in [0.25, 0.3) is 0 Å². The van der Waals surface area contributed by atoms with E-state index in [-0.39, 0.29) is 0 Å². The number of anilines is 1. The highest BCUT2D eigenvalue weighted by molar-refractivity contribution is 6.00. The van der Waals surface area contributed by atoms with Gasteiger partial charge in [0.25, 0.3) is 0 Å². The molecule has 0 aromatic heterocycles. The predicted octanol–water partition coefficient (Wildman–Crippen LogP) is 4.50. The summed E-state index contributed by atoms with van der Waals surface area (Å²) < 4.78 is 16.1. The first-order valence-electron chi connectivity index (χ1n) is 10.2. The summed E-state index contributed by atoms with van der Waals surface area (Å²) in [7, 11) is 2.65. The number of hydrogen-bond acceptors (Lipinski definition) is 6. The van der Waals surface area contributed by atoms with E-state index < -0.39 is 17.9 Å². The molecular formula is C25H27NO5.